The van der Waals surface area contributed by atoms with E-state index in [1.165, 1.54) is 11.1 Å². The molecule has 2 rings (SSSR count). The minimum absolute atomic E-state index is 0.171. The summed E-state index contributed by atoms with van der Waals surface area (Å²) in [6.07, 6.45) is 2.92. The summed E-state index contributed by atoms with van der Waals surface area (Å²) in [5, 5.41) is 2.01. The van der Waals surface area contributed by atoms with Gasteiger partial charge in [0.2, 0.25) is 5.78 Å². The van der Waals surface area contributed by atoms with E-state index in [0.29, 0.717) is 0 Å². The number of thiophene rings is 1. The number of carbonyl (C=O) groups excluding carboxylic acids is 1. The maximum atomic E-state index is 12.6. The molecule has 1 aromatic heterocycles. The first kappa shape index (κ1) is 14.0. The van der Waals surface area contributed by atoms with Crippen LogP contribution in [0.15, 0.2) is 29.6 Å². The van der Waals surface area contributed by atoms with Crippen LogP contribution in [0.1, 0.15) is 52.7 Å². The van der Waals surface area contributed by atoms with E-state index in [9.17, 15) is 4.79 Å². The first-order valence-electron chi connectivity index (χ1n) is 6.94. The molecule has 0 aliphatic heterocycles. The predicted molar refractivity (Wildman–Crippen MR) is 82.3 cm³/mol. The fraction of sp³-hybridized carbons (Fsp3) is 0.353. The lowest BCUT2D eigenvalue weighted by Gasteiger charge is -2.08. The number of ketones is 1. The van der Waals surface area contributed by atoms with Crippen LogP contribution in [0, 0.1) is 0 Å². The van der Waals surface area contributed by atoms with Crippen molar-refractivity contribution in [2.45, 2.75) is 40.0 Å². The van der Waals surface area contributed by atoms with Crippen LogP contribution in [0.2, 0.25) is 0 Å². The molecule has 2 heteroatoms. The van der Waals surface area contributed by atoms with Crippen molar-refractivity contribution in [1.29, 1.82) is 0 Å². The second-order valence-electron chi connectivity index (χ2n) is 4.65. The van der Waals surface area contributed by atoms with Crippen molar-refractivity contribution in [2.24, 2.45) is 0 Å². The molecule has 0 fully saturated rings. The van der Waals surface area contributed by atoms with Crippen molar-refractivity contribution in [3.05, 3.63) is 56.8 Å². The van der Waals surface area contributed by atoms with Crippen molar-refractivity contribution < 1.29 is 4.79 Å². The molecule has 19 heavy (non-hydrogen) atoms. The summed E-state index contributed by atoms with van der Waals surface area (Å²) >= 11 is 1.55. The Morgan fingerprint density at radius 2 is 1.63 bits per heavy atom. The van der Waals surface area contributed by atoms with Gasteiger partial charge in [0.1, 0.15) is 0 Å². The average Bonchev–Trinajstić information content (AvgIpc) is 2.94. The van der Waals surface area contributed by atoms with Gasteiger partial charge >= 0.3 is 0 Å². The molecule has 0 saturated heterocycles. The second kappa shape index (κ2) is 6.16. The standard InChI is InChI=1S/C17H20OS/c1-4-12-7-8-15(11-14(12)6-3)16(18)17-13(5-2)9-10-19-17/h7-11H,4-6H2,1-3H3. The molecule has 0 N–H and O–H groups in total. The Labute approximate surface area is 119 Å². The van der Waals surface area contributed by atoms with E-state index < -0.39 is 0 Å². The topological polar surface area (TPSA) is 17.1 Å². The highest BCUT2D eigenvalue weighted by atomic mass is 32.1. The van der Waals surface area contributed by atoms with Gasteiger partial charge in [-0.25, -0.2) is 0 Å². The highest BCUT2D eigenvalue weighted by Gasteiger charge is 2.15. The molecule has 0 bridgehead atoms. The van der Waals surface area contributed by atoms with E-state index in [1.807, 2.05) is 11.4 Å². The smallest absolute Gasteiger partial charge is 0.203 e. The summed E-state index contributed by atoms with van der Waals surface area (Å²) < 4.78 is 0. The third-order valence-corrected chi connectivity index (χ3v) is 4.52. The minimum atomic E-state index is 0.171. The number of aryl methyl sites for hydroxylation is 3. The van der Waals surface area contributed by atoms with Crippen molar-refractivity contribution in [1.82, 2.24) is 0 Å². The van der Waals surface area contributed by atoms with E-state index in [1.54, 1.807) is 11.3 Å². The van der Waals surface area contributed by atoms with Gasteiger partial charge in [0.05, 0.1) is 4.88 Å². The summed E-state index contributed by atoms with van der Waals surface area (Å²) in [6, 6.07) is 8.20. The fourth-order valence-corrected chi connectivity index (χ4v) is 3.34. The summed E-state index contributed by atoms with van der Waals surface area (Å²) in [5.74, 6) is 0.171. The van der Waals surface area contributed by atoms with Crippen molar-refractivity contribution in [2.75, 3.05) is 0 Å². The van der Waals surface area contributed by atoms with Gasteiger partial charge < -0.3 is 0 Å². The Hall–Kier alpha value is -1.41. The van der Waals surface area contributed by atoms with Gasteiger partial charge in [-0.05, 0) is 53.5 Å². The van der Waals surface area contributed by atoms with Crippen LogP contribution >= 0.6 is 11.3 Å². The lowest BCUT2D eigenvalue weighted by atomic mass is 9.97. The molecule has 0 spiro atoms. The monoisotopic (exact) mass is 272 g/mol. The number of benzene rings is 1. The van der Waals surface area contributed by atoms with Crippen molar-refractivity contribution in [3.63, 3.8) is 0 Å². The second-order valence-corrected chi connectivity index (χ2v) is 5.56. The zero-order chi connectivity index (χ0) is 13.8. The van der Waals surface area contributed by atoms with Crippen LogP contribution < -0.4 is 0 Å². The Morgan fingerprint density at radius 1 is 0.947 bits per heavy atom. The van der Waals surface area contributed by atoms with Crippen molar-refractivity contribution >= 4 is 17.1 Å². The number of carbonyl (C=O) groups is 1. The summed E-state index contributed by atoms with van der Waals surface area (Å²) in [6.45, 7) is 6.40. The summed E-state index contributed by atoms with van der Waals surface area (Å²) in [4.78, 5) is 13.5. The molecule has 100 valence electrons. The number of hydrogen-bond donors (Lipinski definition) is 0. The highest BCUT2D eigenvalue weighted by molar-refractivity contribution is 7.12. The maximum Gasteiger partial charge on any atom is 0.203 e. The van der Waals surface area contributed by atoms with Gasteiger partial charge in [-0.3, -0.25) is 4.79 Å². The first-order chi connectivity index (χ1) is 9.21. The Morgan fingerprint density at radius 3 is 2.26 bits per heavy atom. The van der Waals surface area contributed by atoms with Gasteiger partial charge in [-0.15, -0.1) is 11.3 Å². The molecule has 0 unspecified atom stereocenters. The van der Waals surface area contributed by atoms with Gasteiger partial charge in [0.15, 0.2) is 0 Å². The zero-order valence-electron chi connectivity index (χ0n) is 11.8. The normalized spacial score (nSPS) is 10.7. The number of rotatable bonds is 5. The molecule has 0 atom stereocenters. The molecule has 1 nitrogen and oxygen atoms in total. The third-order valence-electron chi connectivity index (χ3n) is 3.56. The molecule has 0 amide bonds. The molecular weight excluding hydrogens is 252 g/mol. The summed E-state index contributed by atoms with van der Waals surface area (Å²) in [7, 11) is 0. The molecule has 1 heterocycles. The van der Waals surface area contributed by atoms with E-state index in [0.717, 1.165) is 35.3 Å². The van der Waals surface area contributed by atoms with Crippen molar-refractivity contribution in [3.8, 4) is 0 Å². The van der Waals surface area contributed by atoms with Gasteiger partial charge in [-0.2, -0.15) is 0 Å². The SMILES string of the molecule is CCc1ccc(C(=O)c2sccc2CC)cc1CC. The average molecular weight is 272 g/mol. The van der Waals surface area contributed by atoms with E-state index in [4.69, 9.17) is 0 Å². The largest absolute Gasteiger partial charge is 0.288 e. The molecular formula is C17H20OS. The van der Waals surface area contributed by atoms with Crippen LogP contribution in [0.25, 0.3) is 0 Å². The van der Waals surface area contributed by atoms with E-state index in [-0.39, 0.29) is 5.78 Å². The van der Waals surface area contributed by atoms with Crippen LogP contribution in [0.5, 0.6) is 0 Å². The molecule has 2 aromatic rings. The van der Waals surface area contributed by atoms with E-state index >= 15 is 0 Å². The third kappa shape index (κ3) is 2.79. The summed E-state index contributed by atoms with van der Waals surface area (Å²) in [5.41, 5.74) is 4.63. The highest BCUT2D eigenvalue weighted by Crippen LogP contribution is 2.23. The Kier molecular flexibility index (Phi) is 4.54. The molecule has 0 saturated carbocycles. The lowest BCUT2D eigenvalue weighted by molar-refractivity contribution is 0.104. The fourth-order valence-electron chi connectivity index (χ4n) is 2.39. The van der Waals surface area contributed by atoms with Crippen LogP contribution in [-0.2, 0) is 19.3 Å². The predicted octanol–water partition coefficient (Wildman–Crippen LogP) is 4.67. The first-order valence-corrected chi connectivity index (χ1v) is 7.82. The minimum Gasteiger partial charge on any atom is -0.288 e. The molecule has 0 aliphatic carbocycles. The van der Waals surface area contributed by atoms with Gasteiger partial charge in [0.25, 0.3) is 0 Å². The van der Waals surface area contributed by atoms with E-state index in [2.05, 4.69) is 39.0 Å². The van der Waals surface area contributed by atoms with Crippen LogP contribution in [0.3, 0.4) is 0 Å². The molecule has 0 aliphatic rings. The Bertz CT molecular complexity index is 581. The van der Waals surface area contributed by atoms with Crippen LogP contribution in [0.4, 0.5) is 0 Å². The van der Waals surface area contributed by atoms with Crippen LogP contribution in [-0.4, -0.2) is 5.78 Å². The maximum absolute atomic E-state index is 12.6. The molecule has 0 radical (unpaired) electrons. The molecule has 1 aromatic carbocycles. The number of hydrogen-bond acceptors (Lipinski definition) is 2. The quantitative estimate of drug-likeness (QED) is 0.723. The van der Waals surface area contributed by atoms with Gasteiger partial charge in [0, 0.05) is 5.56 Å². The van der Waals surface area contributed by atoms with Gasteiger partial charge in [-0.1, -0.05) is 32.9 Å². The lowest BCUT2D eigenvalue weighted by Crippen LogP contribution is -2.03. The zero-order valence-corrected chi connectivity index (χ0v) is 12.6. The Balaban J connectivity index is 2.39.